The SMILES string of the molecule is Cc1ccc(C2CC2C(=O)N2CCC(=O)Nc3ccccc32)s1. The quantitative estimate of drug-likeness (QED) is 0.918. The maximum absolute atomic E-state index is 13.0. The van der Waals surface area contributed by atoms with Crippen LogP contribution in [0, 0.1) is 12.8 Å². The van der Waals surface area contributed by atoms with E-state index in [4.69, 9.17) is 0 Å². The van der Waals surface area contributed by atoms with Crippen molar-refractivity contribution >= 4 is 34.5 Å². The lowest BCUT2D eigenvalue weighted by Gasteiger charge is -2.22. The molecule has 1 saturated carbocycles. The van der Waals surface area contributed by atoms with Gasteiger partial charge in [-0.05, 0) is 37.6 Å². The number of amides is 2. The van der Waals surface area contributed by atoms with E-state index in [-0.39, 0.29) is 17.7 Å². The van der Waals surface area contributed by atoms with Crippen molar-refractivity contribution in [3.63, 3.8) is 0 Å². The van der Waals surface area contributed by atoms with Gasteiger partial charge in [0.05, 0.1) is 11.4 Å². The van der Waals surface area contributed by atoms with Gasteiger partial charge < -0.3 is 10.2 Å². The molecule has 0 radical (unpaired) electrons. The van der Waals surface area contributed by atoms with Crippen LogP contribution in [0.1, 0.15) is 28.5 Å². The molecule has 1 fully saturated rings. The predicted octanol–water partition coefficient (Wildman–Crippen LogP) is 3.54. The number of hydrogen-bond acceptors (Lipinski definition) is 3. The summed E-state index contributed by atoms with van der Waals surface area (Å²) in [6, 6.07) is 11.8. The van der Waals surface area contributed by atoms with Gasteiger partial charge in [-0.1, -0.05) is 12.1 Å². The first-order valence-corrected chi connectivity index (χ1v) is 8.72. The molecule has 1 aliphatic heterocycles. The smallest absolute Gasteiger partial charge is 0.230 e. The van der Waals surface area contributed by atoms with Gasteiger partial charge >= 0.3 is 0 Å². The van der Waals surface area contributed by atoms with E-state index in [0.29, 0.717) is 18.9 Å². The highest BCUT2D eigenvalue weighted by Crippen LogP contribution is 2.51. The molecule has 4 nitrogen and oxygen atoms in total. The number of nitrogens with zero attached hydrogens (tertiary/aromatic N) is 1. The minimum Gasteiger partial charge on any atom is -0.324 e. The fourth-order valence-electron chi connectivity index (χ4n) is 3.23. The van der Waals surface area contributed by atoms with Gasteiger partial charge in [0.25, 0.3) is 0 Å². The molecule has 0 saturated heterocycles. The molecule has 0 bridgehead atoms. The third-order valence-corrected chi connectivity index (χ3v) is 5.66. The molecule has 1 aromatic heterocycles. The first-order chi connectivity index (χ1) is 11.1. The Morgan fingerprint density at radius 3 is 2.87 bits per heavy atom. The number of thiophene rings is 1. The van der Waals surface area contributed by atoms with Gasteiger partial charge in [0.1, 0.15) is 0 Å². The summed E-state index contributed by atoms with van der Waals surface area (Å²) in [6.07, 6.45) is 1.26. The third-order valence-electron chi connectivity index (χ3n) is 4.53. The van der Waals surface area contributed by atoms with Crippen LogP contribution in [0.4, 0.5) is 11.4 Å². The molecule has 2 aliphatic rings. The maximum atomic E-state index is 13.0. The van der Waals surface area contributed by atoms with Crippen molar-refractivity contribution in [2.75, 3.05) is 16.8 Å². The number of carbonyl (C=O) groups excluding carboxylic acids is 2. The highest BCUT2D eigenvalue weighted by Gasteiger charge is 2.47. The van der Waals surface area contributed by atoms with Crippen molar-refractivity contribution in [1.82, 2.24) is 0 Å². The number of fused-ring (bicyclic) bond motifs is 1. The molecule has 4 rings (SSSR count). The van der Waals surface area contributed by atoms with E-state index in [1.54, 1.807) is 16.2 Å². The normalized spacial score (nSPS) is 23.0. The first kappa shape index (κ1) is 14.5. The van der Waals surface area contributed by atoms with Gasteiger partial charge in [-0.2, -0.15) is 0 Å². The minimum absolute atomic E-state index is 0.0334. The molecule has 5 heteroatoms. The first-order valence-electron chi connectivity index (χ1n) is 7.90. The van der Waals surface area contributed by atoms with Gasteiger partial charge in [-0.3, -0.25) is 9.59 Å². The summed E-state index contributed by atoms with van der Waals surface area (Å²) in [6.45, 7) is 2.55. The summed E-state index contributed by atoms with van der Waals surface area (Å²) < 4.78 is 0. The minimum atomic E-state index is -0.0334. The number of aryl methyl sites for hydroxylation is 1. The van der Waals surface area contributed by atoms with Crippen LogP contribution in [-0.2, 0) is 9.59 Å². The zero-order chi connectivity index (χ0) is 16.0. The summed E-state index contributed by atoms with van der Waals surface area (Å²) in [4.78, 5) is 29.2. The summed E-state index contributed by atoms with van der Waals surface area (Å²) in [5.41, 5.74) is 1.55. The highest BCUT2D eigenvalue weighted by molar-refractivity contribution is 7.12. The molecule has 2 unspecified atom stereocenters. The number of hydrogen-bond donors (Lipinski definition) is 1. The standard InChI is InChI=1S/C18H18N2O2S/c1-11-6-7-16(23-11)12-10-13(12)18(22)20-9-8-17(21)19-14-4-2-3-5-15(14)20/h2-7,12-13H,8-10H2,1H3,(H,19,21). The average molecular weight is 326 g/mol. The van der Waals surface area contributed by atoms with Crippen LogP contribution < -0.4 is 10.2 Å². The van der Waals surface area contributed by atoms with Gasteiger partial charge in [0.15, 0.2) is 0 Å². The Hall–Kier alpha value is -2.14. The van der Waals surface area contributed by atoms with E-state index in [1.165, 1.54) is 9.75 Å². The highest BCUT2D eigenvalue weighted by atomic mass is 32.1. The zero-order valence-corrected chi connectivity index (χ0v) is 13.7. The molecule has 2 atom stereocenters. The van der Waals surface area contributed by atoms with Crippen molar-refractivity contribution in [2.45, 2.75) is 25.7 Å². The number of rotatable bonds is 2. The van der Waals surface area contributed by atoms with Crippen LogP contribution in [0.3, 0.4) is 0 Å². The van der Waals surface area contributed by atoms with E-state index in [2.05, 4.69) is 24.4 Å². The Morgan fingerprint density at radius 2 is 2.09 bits per heavy atom. The molecular weight excluding hydrogens is 308 g/mol. The molecule has 2 aromatic rings. The molecule has 2 heterocycles. The Morgan fingerprint density at radius 1 is 1.26 bits per heavy atom. The molecule has 2 amide bonds. The van der Waals surface area contributed by atoms with Crippen LogP contribution in [0.25, 0.3) is 0 Å². The summed E-state index contributed by atoms with van der Waals surface area (Å²) in [5.74, 6) is 0.508. The van der Waals surface area contributed by atoms with E-state index >= 15 is 0 Å². The molecule has 0 spiro atoms. The monoisotopic (exact) mass is 326 g/mol. The van der Waals surface area contributed by atoms with Crippen LogP contribution >= 0.6 is 11.3 Å². The Labute approximate surface area is 139 Å². The number of para-hydroxylation sites is 2. The molecular formula is C18H18N2O2S. The average Bonchev–Trinajstić information content (AvgIpc) is 3.26. The topological polar surface area (TPSA) is 49.4 Å². The fraction of sp³-hybridized carbons (Fsp3) is 0.333. The molecule has 118 valence electrons. The lowest BCUT2D eigenvalue weighted by atomic mass is 10.2. The Bertz CT molecular complexity index is 783. The molecule has 1 N–H and O–H groups in total. The largest absolute Gasteiger partial charge is 0.324 e. The predicted molar refractivity (Wildman–Crippen MR) is 91.9 cm³/mol. The summed E-state index contributed by atoms with van der Waals surface area (Å²) in [5, 5.41) is 2.88. The van der Waals surface area contributed by atoms with Crippen molar-refractivity contribution in [3.05, 3.63) is 46.2 Å². The fourth-order valence-corrected chi connectivity index (χ4v) is 4.28. The van der Waals surface area contributed by atoms with Crippen LogP contribution in [0.15, 0.2) is 36.4 Å². The van der Waals surface area contributed by atoms with Crippen molar-refractivity contribution in [1.29, 1.82) is 0 Å². The lowest BCUT2D eigenvalue weighted by molar-refractivity contribution is -0.120. The summed E-state index contributed by atoms with van der Waals surface area (Å²) in [7, 11) is 0. The molecule has 1 aliphatic carbocycles. The number of benzene rings is 1. The van der Waals surface area contributed by atoms with Gasteiger partial charge in [-0.25, -0.2) is 0 Å². The molecule has 1 aromatic carbocycles. The third kappa shape index (κ3) is 2.65. The van der Waals surface area contributed by atoms with Crippen LogP contribution in [-0.4, -0.2) is 18.4 Å². The van der Waals surface area contributed by atoms with E-state index in [1.807, 2.05) is 24.3 Å². The Kier molecular flexibility index (Phi) is 3.45. The van der Waals surface area contributed by atoms with Crippen molar-refractivity contribution in [3.8, 4) is 0 Å². The molecule has 23 heavy (non-hydrogen) atoms. The zero-order valence-electron chi connectivity index (χ0n) is 12.9. The van der Waals surface area contributed by atoms with E-state index in [0.717, 1.165) is 17.8 Å². The van der Waals surface area contributed by atoms with E-state index in [9.17, 15) is 9.59 Å². The van der Waals surface area contributed by atoms with Gasteiger partial charge in [0, 0.05) is 34.6 Å². The summed E-state index contributed by atoms with van der Waals surface area (Å²) >= 11 is 1.78. The van der Waals surface area contributed by atoms with Crippen molar-refractivity contribution < 1.29 is 9.59 Å². The Balaban J connectivity index is 1.58. The lowest BCUT2D eigenvalue weighted by Crippen LogP contribution is -2.33. The number of anilines is 2. The second-order valence-electron chi connectivity index (χ2n) is 6.20. The number of carbonyl (C=O) groups is 2. The van der Waals surface area contributed by atoms with Crippen LogP contribution in [0.2, 0.25) is 0 Å². The van der Waals surface area contributed by atoms with E-state index < -0.39 is 0 Å². The van der Waals surface area contributed by atoms with Gasteiger partial charge in [-0.15, -0.1) is 11.3 Å². The second kappa shape index (κ2) is 5.49. The second-order valence-corrected chi connectivity index (χ2v) is 7.52. The van der Waals surface area contributed by atoms with Crippen molar-refractivity contribution in [2.24, 2.45) is 5.92 Å². The van der Waals surface area contributed by atoms with Gasteiger partial charge in [0.2, 0.25) is 11.8 Å². The van der Waals surface area contributed by atoms with Crippen LogP contribution in [0.5, 0.6) is 0 Å². The number of nitrogens with one attached hydrogen (secondary N) is 1. The maximum Gasteiger partial charge on any atom is 0.230 e.